The molecule has 1 spiro atoms. The molecule has 0 radical (unpaired) electrons. The fourth-order valence-corrected chi connectivity index (χ4v) is 5.14. The van der Waals surface area contributed by atoms with Crippen LogP contribution >= 0.6 is 0 Å². The highest BCUT2D eigenvalue weighted by atomic mass is 17.3. The number of ether oxygens (including phenoxy) is 3. The summed E-state index contributed by atoms with van der Waals surface area (Å²) in [6.07, 6.45) is 3.64. The molecule has 0 aromatic heterocycles. The van der Waals surface area contributed by atoms with Crippen molar-refractivity contribution in [1.82, 2.24) is 0 Å². The number of fused-ring (bicyclic) bond motifs is 2. The molecule has 5 heteroatoms. The quantitative estimate of drug-likeness (QED) is 0.697. The highest BCUT2D eigenvalue weighted by Crippen LogP contribution is 2.60. The molecule has 2 bridgehead atoms. The third kappa shape index (κ3) is 1.81. The van der Waals surface area contributed by atoms with E-state index in [-0.39, 0.29) is 12.2 Å². The zero-order valence-corrected chi connectivity index (χ0v) is 13.3. The molecule has 4 unspecified atom stereocenters. The van der Waals surface area contributed by atoms with E-state index in [1.54, 1.807) is 7.11 Å². The molecule has 21 heavy (non-hydrogen) atoms. The molecule has 1 saturated carbocycles. The summed E-state index contributed by atoms with van der Waals surface area (Å²) in [5.41, 5.74) is -0.470. The maximum atomic E-state index is 6.21. The lowest BCUT2D eigenvalue weighted by atomic mass is 9.58. The average molecular weight is 298 g/mol. The number of hydrogen-bond donors (Lipinski definition) is 0. The fraction of sp³-hybridized carbons (Fsp3) is 1.00. The second kappa shape index (κ2) is 4.65. The Morgan fingerprint density at radius 2 is 1.86 bits per heavy atom. The summed E-state index contributed by atoms with van der Waals surface area (Å²) in [5.74, 6) is 0.953. The Balaban J connectivity index is 1.79. The molecular formula is C16H26O5. The minimum Gasteiger partial charge on any atom is -0.355 e. The predicted molar refractivity (Wildman–Crippen MR) is 73.8 cm³/mol. The smallest absolute Gasteiger partial charge is 0.201 e. The van der Waals surface area contributed by atoms with Crippen LogP contribution in [-0.4, -0.2) is 31.1 Å². The number of hydrogen-bond acceptors (Lipinski definition) is 5. The van der Waals surface area contributed by atoms with Gasteiger partial charge in [0.1, 0.15) is 0 Å². The van der Waals surface area contributed by atoms with Gasteiger partial charge in [0.15, 0.2) is 18.2 Å². The summed E-state index contributed by atoms with van der Waals surface area (Å²) in [5, 5.41) is 0. The zero-order chi connectivity index (χ0) is 14.8. The molecule has 0 amide bonds. The molecule has 5 aliphatic rings. The second-order valence-electron chi connectivity index (χ2n) is 7.51. The highest BCUT2D eigenvalue weighted by Gasteiger charge is 2.69. The minimum absolute atomic E-state index is 0.230. The highest BCUT2D eigenvalue weighted by molar-refractivity contribution is 5.08. The van der Waals surface area contributed by atoms with Gasteiger partial charge in [0, 0.05) is 25.4 Å². The Bertz CT molecular complexity index is 429. The first-order valence-corrected chi connectivity index (χ1v) is 8.23. The summed E-state index contributed by atoms with van der Waals surface area (Å²) >= 11 is 0. The van der Waals surface area contributed by atoms with Crippen molar-refractivity contribution < 1.29 is 24.0 Å². The molecule has 0 aromatic carbocycles. The van der Waals surface area contributed by atoms with Crippen LogP contribution in [0.3, 0.4) is 0 Å². The van der Waals surface area contributed by atoms with Crippen LogP contribution in [0.25, 0.3) is 0 Å². The van der Waals surface area contributed by atoms with Gasteiger partial charge in [-0.3, -0.25) is 0 Å². The number of rotatable bonds is 1. The van der Waals surface area contributed by atoms with E-state index in [1.165, 1.54) is 6.42 Å². The second-order valence-corrected chi connectivity index (χ2v) is 7.51. The Kier molecular flexibility index (Phi) is 3.19. The van der Waals surface area contributed by atoms with Crippen molar-refractivity contribution in [3.63, 3.8) is 0 Å². The molecule has 5 nitrogen and oxygen atoms in total. The molecule has 5 fully saturated rings. The van der Waals surface area contributed by atoms with Crippen molar-refractivity contribution in [2.75, 3.05) is 7.11 Å². The van der Waals surface area contributed by atoms with Crippen molar-refractivity contribution in [3.8, 4) is 0 Å². The lowest BCUT2D eigenvalue weighted by molar-refractivity contribution is -0.577. The van der Waals surface area contributed by atoms with Crippen molar-refractivity contribution in [1.29, 1.82) is 0 Å². The van der Waals surface area contributed by atoms with E-state index in [0.717, 1.165) is 19.3 Å². The van der Waals surface area contributed by atoms with Gasteiger partial charge in [-0.05, 0) is 38.0 Å². The molecule has 0 aromatic rings. The summed E-state index contributed by atoms with van der Waals surface area (Å²) in [7, 11) is 1.70. The molecule has 8 atom stereocenters. The van der Waals surface area contributed by atoms with Gasteiger partial charge in [-0.25, -0.2) is 9.78 Å². The molecule has 4 saturated heterocycles. The Morgan fingerprint density at radius 1 is 1.05 bits per heavy atom. The van der Waals surface area contributed by atoms with Crippen LogP contribution in [-0.2, 0) is 24.0 Å². The van der Waals surface area contributed by atoms with Crippen molar-refractivity contribution in [2.45, 2.75) is 70.4 Å². The molecule has 0 N–H and O–H groups in total. The van der Waals surface area contributed by atoms with E-state index < -0.39 is 17.7 Å². The Hall–Kier alpha value is -0.200. The van der Waals surface area contributed by atoms with E-state index in [4.69, 9.17) is 24.0 Å². The fourth-order valence-electron chi connectivity index (χ4n) is 5.14. The van der Waals surface area contributed by atoms with Crippen LogP contribution in [0.15, 0.2) is 0 Å². The van der Waals surface area contributed by atoms with Crippen molar-refractivity contribution >= 4 is 0 Å². The first-order chi connectivity index (χ1) is 10.00. The molecule has 5 rings (SSSR count). The standard InChI is InChI=1S/C16H26O5/c1-9-5-6-12-10(2)13(17-4)18-14-16(12)11(9)7-8-15(3,19-14)20-21-16/h9-14H,5-8H2,1-4H3/t9-,10-,11?,12?,13?,14-,15?,16-/m1/s1. The molecule has 4 heterocycles. The summed E-state index contributed by atoms with van der Waals surface area (Å²) < 4.78 is 17.9. The normalized spacial score (nSPS) is 59.4. The van der Waals surface area contributed by atoms with Crippen molar-refractivity contribution in [3.05, 3.63) is 0 Å². The molecular weight excluding hydrogens is 272 g/mol. The van der Waals surface area contributed by atoms with Gasteiger partial charge in [0.2, 0.25) is 5.79 Å². The van der Waals surface area contributed by atoms with Gasteiger partial charge in [-0.2, -0.15) is 0 Å². The van der Waals surface area contributed by atoms with E-state index >= 15 is 0 Å². The molecule has 120 valence electrons. The van der Waals surface area contributed by atoms with Crippen LogP contribution in [0, 0.1) is 23.7 Å². The Morgan fingerprint density at radius 3 is 2.62 bits per heavy atom. The Labute approximate surface area is 126 Å². The number of methoxy groups -OCH3 is 1. The summed E-state index contributed by atoms with van der Waals surface area (Å²) in [6, 6.07) is 0. The van der Waals surface area contributed by atoms with Crippen molar-refractivity contribution in [2.24, 2.45) is 23.7 Å². The topological polar surface area (TPSA) is 46.2 Å². The monoisotopic (exact) mass is 298 g/mol. The average Bonchev–Trinajstić information content (AvgIpc) is 2.69. The third-order valence-corrected chi connectivity index (χ3v) is 6.33. The van der Waals surface area contributed by atoms with Gasteiger partial charge in [-0.15, -0.1) is 0 Å². The molecule has 4 aliphatic heterocycles. The zero-order valence-electron chi connectivity index (χ0n) is 13.3. The minimum atomic E-state index is -0.698. The lowest BCUT2D eigenvalue weighted by Crippen LogP contribution is -2.70. The van der Waals surface area contributed by atoms with Gasteiger partial charge < -0.3 is 14.2 Å². The van der Waals surface area contributed by atoms with Crippen LogP contribution < -0.4 is 0 Å². The lowest BCUT2D eigenvalue weighted by Gasteiger charge is -2.60. The van der Waals surface area contributed by atoms with Crippen LogP contribution in [0.4, 0.5) is 0 Å². The third-order valence-electron chi connectivity index (χ3n) is 6.33. The largest absolute Gasteiger partial charge is 0.355 e. The van der Waals surface area contributed by atoms with E-state index in [1.807, 2.05) is 6.92 Å². The SMILES string of the molecule is COC1O[C@@H]2OC3(C)CCC4[C@H](C)CCC([C@H]1C)[C@]42OO3. The van der Waals surface area contributed by atoms with E-state index in [0.29, 0.717) is 17.8 Å². The summed E-state index contributed by atoms with van der Waals surface area (Å²) in [4.78, 5) is 11.8. The predicted octanol–water partition coefficient (Wildman–Crippen LogP) is 2.84. The first-order valence-electron chi connectivity index (χ1n) is 8.23. The van der Waals surface area contributed by atoms with Gasteiger partial charge in [0.25, 0.3) is 0 Å². The van der Waals surface area contributed by atoms with Crippen LogP contribution in [0.1, 0.15) is 46.5 Å². The summed E-state index contributed by atoms with van der Waals surface area (Å²) in [6.45, 7) is 6.46. The van der Waals surface area contributed by atoms with Gasteiger partial charge >= 0.3 is 0 Å². The van der Waals surface area contributed by atoms with Crippen LogP contribution in [0.5, 0.6) is 0 Å². The maximum Gasteiger partial charge on any atom is 0.201 e. The van der Waals surface area contributed by atoms with Gasteiger partial charge in [-0.1, -0.05) is 13.8 Å². The molecule has 1 aliphatic carbocycles. The maximum absolute atomic E-state index is 6.21. The van der Waals surface area contributed by atoms with E-state index in [2.05, 4.69) is 13.8 Å². The first kappa shape index (κ1) is 14.4. The van der Waals surface area contributed by atoms with Gasteiger partial charge in [0.05, 0.1) is 0 Å². The van der Waals surface area contributed by atoms with E-state index in [9.17, 15) is 0 Å². The van der Waals surface area contributed by atoms with Crippen LogP contribution in [0.2, 0.25) is 0 Å².